The summed E-state index contributed by atoms with van der Waals surface area (Å²) in [4.78, 5) is 13.3. The molecule has 1 saturated carbocycles. The van der Waals surface area contributed by atoms with E-state index < -0.39 is 0 Å². The summed E-state index contributed by atoms with van der Waals surface area (Å²) in [6.07, 6.45) is 3.85. The summed E-state index contributed by atoms with van der Waals surface area (Å²) in [5, 5.41) is 3.47. The molecule has 0 aromatic rings. The van der Waals surface area contributed by atoms with Crippen LogP contribution >= 0.6 is 0 Å². The van der Waals surface area contributed by atoms with Gasteiger partial charge in [-0.15, -0.1) is 0 Å². The van der Waals surface area contributed by atoms with Crippen LogP contribution in [0.3, 0.4) is 0 Å². The molecule has 0 bridgehead atoms. The number of nitrogens with one attached hydrogen (secondary N) is 1. The minimum atomic E-state index is 0.172. The van der Waals surface area contributed by atoms with Gasteiger partial charge in [-0.1, -0.05) is 27.2 Å². The fraction of sp³-hybridized carbons (Fsp3) is 0.929. The third kappa shape index (κ3) is 4.30. The zero-order valence-electron chi connectivity index (χ0n) is 12.0. The summed E-state index contributed by atoms with van der Waals surface area (Å²) in [7, 11) is 3.63. The zero-order valence-corrected chi connectivity index (χ0v) is 12.0. The fourth-order valence-electron chi connectivity index (χ4n) is 2.81. The number of nitrogens with zero attached hydrogens (tertiary/aromatic N) is 1. The second kappa shape index (κ2) is 6.39. The quantitative estimate of drug-likeness (QED) is 0.816. The predicted octanol–water partition coefficient (Wildman–Crippen LogP) is 2.12. The molecule has 0 heterocycles. The lowest BCUT2D eigenvalue weighted by molar-refractivity contribution is -0.128. The largest absolute Gasteiger partial charge is 0.348 e. The summed E-state index contributed by atoms with van der Waals surface area (Å²) < 4.78 is 0. The number of hydrogen-bond acceptors (Lipinski definition) is 2. The maximum Gasteiger partial charge on any atom is 0.236 e. The van der Waals surface area contributed by atoms with E-state index >= 15 is 0 Å². The molecule has 1 aliphatic rings. The summed E-state index contributed by atoms with van der Waals surface area (Å²) in [5.41, 5.74) is 0. The molecule has 0 radical (unpaired) electrons. The summed E-state index contributed by atoms with van der Waals surface area (Å²) >= 11 is 0. The van der Waals surface area contributed by atoms with Crippen molar-refractivity contribution in [3.05, 3.63) is 0 Å². The van der Waals surface area contributed by atoms with Crippen molar-refractivity contribution in [2.24, 2.45) is 17.8 Å². The number of likely N-dealkylation sites (N-methyl/N-ethyl adjacent to an activating group) is 1. The van der Waals surface area contributed by atoms with E-state index in [4.69, 9.17) is 0 Å². The van der Waals surface area contributed by atoms with Crippen molar-refractivity contribution in [3.63, 3.8) is 0 Å². The highest BCUT2D eigenvalue weighted by Gasteiger charge is 2.30. The van der Waals surface area contributed by atoms with Gasteiger partial charge >= 0.3 is 0 Å². The number of rotatable bonds is 4. The minimum Gasteiger partial charge on any atom is -0.348 e. The van der Waals surface area contributed by atoms with Crippen molar-refractivity contribution in [1.29, 1.82) is 0 Å². The van der Waals surface area contributed by atoms with E-state index in [1.165, 1.54) is 19.3 Å². The molecule has 0 saturated heterocycles. The van der Waals surface area contributed by atoms with E-state index in [0.29, 0.717) is 18.5 Å². The van der Waals surface area contributed by atoms with Crippen LogP contribution in [0, 0.1) is 17.8 Å². The molecule has 17 heavy (non-hydrogen) atoms. The van der Waals surface area contributed by atoms with Gasteiger partial charge in [0.05, 0.1) is 6.54 Å². The van der Waals surface area contributed by atoms with Gasteiger partial charge in [0.1, 0.15) is 0 Å². The van der Waals surface area contributed by atoms with Gasteiger partial charge in [-0.2, -0.15) is 0 Å². The highest BCUT2D eigenvalue weighted by molar-refractivity contribution is 5.77. The Labute approximate surface area is 106 Å². The van der Waals surface area contributed by atoms with Gasteiger partial charge in [-0.05, 0) is 30.6 Å². The van der Waals surface area contributed by atoms with Gasteiger partial charge < -0.3 is 10.2 Å². The molecule has 1 N–H and O–H groups in total. The van der Waals surface area contributed by atoms with Crippen molar-refractivity contribution < 1.29 is 4.79 Å². The Hall–Kier alpha value is -0.570. The maximum absolute atomic E-state index is 11.6. The molecule has 1 aliphatic carbocycles. The molecule has 0 aliphatic heterocycles. The van der Waals surface area contributed by atoms with Crippen molar-refractivity contribution in [1.82, 2.24) is 10.2 Å². The molecule has 0 aromatic heterocycles. The standard InChI is InChI=1S/C14H28N2O/c1-10(2)12-7-6-11(3)8-13(12)15-9-14(17)16(4)5/h10-13,15H,6-9H2,1-5H3/t11-,12+,13-/m1/s1. The first-order valence-corrected chi connectivity index (χ1v) is 6.85. The first-order chi connectivity index (χ1) is 7.91. The molecule has 3 atom stereocenters. The predicted molar refractivity (Wildman–Crippen MR) is 71.8 cm³/mol. The number of carbonyl (C=O) groups excluding carboxylic acids is 1. The monoisotopic (exact) mass is 240 g/mol. The van der Waals surface area contributed by atoms with Crippen LogP contribution in [0.4, 0.5) is 0 Å². The molecular weight excluding hydrogens is 212 g/mol. The highest BCUT2D eigenvalue weighted by atomic mass is 16.2. The van der Waals surface area contributed by atoms with Gasteiger partial charge in [0.15, 0.2) is 0 Å². The molecule has 100 valence electrons. The molecule has 0 aromatic carbocycles. The van der Waals surface area contributed by atoms with Crippen molar-refractivity contribution in [3.8, 4) is 0 Å². The Morgan fingerprint density at radius 1 is 1.35 bits per heavy atom. The lowest BCUT2D eigenvalue weighted by atomic mass is 9.74. The molecule has 0 unspecified atom stereocenters. The lowest BCUT2D eigenvalue weighted by Crippen LogP contribution is -2.46. The van der Waals surface area contributed by atoms with Gasteiger partial charge in [-0.3, -0.25) is 4.79 Å². The number of hydrogen-bond donors (Lipinski definition) is 1. The Bertz CT molecular complexity index is 251. The van der Waals surface area contributed by atoms with Crippen molar-refractivity contribution in [2.45, 2.75) is 46.1 Å². The summed E-state index contributed by atoms with van der Waals surface area (Å²) in [6, 6.07) is 0.516. The van der Waals surface area contributed by atoms with Crippen LogP contribution in [0.2, 0.25) is 0 Å². The number of amides is 1. The first-order valence-electron chi connectivity index (χ1n) is 6.85. The lowest BCUT2D eigenvalue weighted by Gasteiger charge is -2.38. The van der Waals surface area contributed by atoms with Crippen LogP contribution in [0.5, 0.6) is 0 Å². The maximum atomic E-state index is 11.6. The van der Waals surface area contributed by atoms with Crippen LogP contribution in [-0.4, -0.2) is 37.5 Å². The van der Waals surface area contributed by atoms with E-state index in [2.05, 4.69) is 26.1 Å². The van der Waals surface area contributed by atoms with Crippen LogP contribution in [0.25, 0.3) is 0 Å². The molecule has 3 heteroatoms. The van der Waals surface area contributed by atoms with Gasteiger partial charge in [0.2, 0.25) is 5.91 Å². The van der Waals surface area contributed by atoms with Gasteiger partial charge in [-0.25, -0.2) is 0 Å². The van der Waals surface area contributed by atoms with Gasteiger partial charge in [0.25, 0.3) is 0 Å². The Morgan fingerprint density at radius 3 is 2.53 bits per heavy atom. The molecule has 1 fully saturated rings. The second-order valence-corrected chi connectivity index (χ2v) is 6.10. The van der Waals surface area contributed by atoms with E-state index in [9.17, 15) is 4.79 Å². The zero-order chi connectivity index (χ0) is 13.0. The molecule has 3 nitrogen and oxygen atoms in total. The smallest absolute Gasteiger partial charge is 0.236 e. The summed E-state index contributed by atoms with van der Waals surface area (Å²) in [5.74, 6) is 2.39. The van der Waals surface area contributed by atoms with E-state index in [1.807, 2.05) is 14.1 Å². The average Bonchev–Trinajstić information content (AvgIpc) is 2.25. The fourth-order valence-corrected chi connectivity index (χ4v) is 2.81. The van der Waals surface area contributed by atoms with Crippen LogP contribution in [0.1, 0.15) is 40.0 Å². The highest BCUT2D eigenvalue weighted by Crippen LogP contribution is 2.33. The topological polar surface area (TPSA) is 32.3 Å². The van der Waals surface area contributed by atoms with Gasteiger partial charge in [0, 0.05) is 20.1 Å². The van der Waals surface area contributed by atoms with Crippen LogP contribution in [0.15, 0.2) is 0 Å². The summed E-state index contributed by atoms with van der Waals surface area (Å²) in [6.45, 7) is 7.39. The number of carbonyl (C=O) groups is 1. The van der Waals surface area contributed by atoms with Crippen molar-refractivity contribution >= 4 is 5.91 Å². The normalized spacial score (nSPS) is 29.4. The molecular formula is C14H28N2O. The van der Waals surface area contributed by atoms with Crippen LogP contribution < -0.4 is 5.32 Å². The third-order valence-electron chi connectivity index (χ3n) is 4.04. The van der Waals surface area contributed by atoms with E-state index in [0.717, 1.165) is 11.8 Å². The molecule has 0 spiro atoms. The Balaban J connectivity index is 2.49. The molecule has 1 amide bonds. The minimum absolute atomic E-state index is 0.172. The Kier molecular flexibility index (Phi) is 5.44. The first kappa shape index (κ1) is 14.5. The Morgan fingerprint density at radius 2 is 2.00 bits per heavy atom. The SMILES string of the molecule is CC(C)[C@@H]1CC[C@@H](C)C[C@H]1NCC(=O)N(C)C. The van der Waals surface area contributed by atoms with Crippen LogP contribution in [-0.2, 0) is 4.79 Å². The second-order valence-electron chi connectivity index (χ2n) is 6.10. The van der Waals surface area contributed by atoms with Crippen molar-refractivity contribution in [2.75, 3.05) is 20.6 Å². The third-order valence-corrected chi connectivity index (χ3v) is 4.04. The average molecular weight is 240 g/mol. The van der Waals surface area contributed by atoms with E-state index in [1.54, 1.807) is 4.90 Å². The van der Waals surface area contributed by atoms with E-state index in [-0.39, 0.29) is 5.91 Å². The molecule has 1 rings (SSSR count).